The average Bonchev–Trinajstić information content (AvgIpc) is 3.19. The molecule has 27 heavy (non-hydrogen) atoms. The third-order valence-electron chi connectivity index (χ3n) is 5.31. The molecule has 2 aliphatic heterocycles. The van der Waals surface area contributed by atoms with Gasteiger partial charge in [-0.3, -0.25) is 4.99 Å². The molecule has 0 radical (unpaired) electrons. The van der Waals surface area contributed by atoms with E-state index >= 15 is 0 Å². The van der Waals surface area contributed by atoms with E-state index in [4.69, 9.17) is 9.47 Å². The molecule has 0 spiro atoms. The number of ether oxygens (including phenoxy) is 2. The summed E-state index contributed by atoms with van der Waals surface area (Å²) in [6, 6.07) is 8.75. The number of likely N-dealkylation sites (tertiary alicyclic amines) is 1. The number of piperidine rings is 1. The van der Waals surface area contributed by atoms with Gasteiger partial charge in [-0.1, -0.05) is 29.8 Å². The van der Waals surface area contributed by atoms with Crippen LogP contribution in [0.4, 0.5) is 0 Å². The van der Waals surface area contributed by atoms with Crippen molar-refractivity contribution in [1.82, 2.24) is 10.2 Å². The molecule has 5 nitrogen and oxygen atoms in total. The van der Waals surface area contributed by atoms with Gasteiger partial charge in [0.2, 0.25) is 0 Å². The SMILES string of the molecule is CN=C(NCCc1ccc(C)cc1)N1CCC(OCC2CCCO2)CC1.I. The first-order chi connectivity index (χ1) is 12.7. The second-order valence-electron chi connectivity index (χ2n) is 7.36. The van der Waals surface area contributed by atoms with E-state index < -0.39 is 0 Å². The lowest BCUT2D eigenvalue weighted by molar-refractivity contribution is -0.0367. The van der Waals surface area contributed by atoms with Crippen LogP contribution < -0.4 is 5.32 Å². The van der Waals surface area contributed by atoms with E-state index in [-0.39, 0.29) is 24.0 Å². The second-order valence-corrected chi connectivity index (χ2v) is 7.36. The molecule has 0 saturated carbocycles. The van der Waals surface area contributed by atoms with Gasteiger partial charge in [0.15, 0.2) is 5.96 Å². The highest BCUT2D eigenvalue weighted by Crippen LogP contribution is 2.17. The Morgan fingerprint density at radius 1 is 1.22 bits per heavy atom. The lowest BCUT2D eigenvalue weighted by atomic mass is 10.1. The van der Waals surface area contributed by atoms with E-state index in [9.17, 15) is 0 Å². The molecule has 2 heterocycles. The summed E-state index contributed by atoms with van der Waals surface area (Å²) in [6.07, 6.45) is 6.15. The molecule has 1 aromatic rings. The van der Waals surface area contributed by atoms with Gasteiger partial charge in [-0.25, -0.2) is 0 Å². The summed E-state index contributed by atoms with van der Waals surface area (Å²) < 4.78 is 11.7. The normalized spacial score (nSPS) is 21.2. The molecule has 1 N–H and O–H groups in total. The summed E-state index contributed by atoms with van der Waals surface area (Å²) in [5, 5.41) is 3.51. The first-order valence-electron chi connectivity index (χ1n) is 9.99. The van der Waals surface area contributed by atoms with Gasteiger partial charge < -0.3 is 19.7 Å². The minimum absolute atomic E-state index is 0. The monoisotopic (exact) mass is 487 g/mol. The van der Waals surface area contributed by atoms with Crippen molar-refractivity contribution in [2.45, 2.75) is 51.2 Å². The van der Waals surface area contributed by atoms with Gasteiger partial charge in [-0.2, -0.15) is 0 Å². The molecule has 2 saturated heterocycles. The molecule has 0 aliphatic carbocycles. The number of aryl methyl sites for hydroxylation is 1. The van der Waals surface area contributed by atoms with E-state index in [1.165, 1.54) is 17.5 Å². The Morgan fingerprint density at radius 3 is 2.59 bits per heavy atom. The Morgan fingerprint density at radius 2 is 1.96 bits per heavy atom. The quantitative estimate of drug-likeness (QED) is 0.380. The maximum atomic E-state index is 6.07. The number of benzene rings is 1. The Kier molecular flexibility index (Phi) is 9.86. The number of aliphatic imine (C=N–C) groups is 1. The Balaban J connectivity index is 0.00000261. The number of hydrogen-bond acceptors (Lipinski definition) is 3. The largest absolute Gasteiger partial charge is 0.376 e. The summed E-state index contributed by atoms with van der Waals surface area (Å²) >= 11 is 0. The average molecular weight is 487 g/mol. The number of nitrogens with zero attached hydrogens (tertiary/aromatic N) is 2. The molecule has 3 rings (SSSR count). The van der Waals surface area contributed by atoms with E-state index in [0.717, 1.165) is 64.5 Å². The van der Waals surface area contributed by atoms with Gasteiger partial charge in [0, 0.05) is 33.3 Å². The van der Waals surface area contributed by atoms with Crippen molar-refractivity contribution >= 4 is 29.9 Å². The van der Waals surface area contributed by atoms with Crippen molar-refractivity contribution in [3.8, 4) is 0 Å². The number of halogens is 1. The van der Waals surface area contributed by atoms with Gasteiger partial charge in [0.25, 0.3) is 0 Å². The van der Waals surface area contributed by atoms with E-state index in [1.807, 2.05) is 7.05 Å². The van der Waals surface area contributed by atoms with Crippen LogP contribution in [0.2, 0.25) is 0 Å². The summed E-state index contributed by atoms with van der Waals surface area (Å²) in [7, 11) is 1.87. The fourth-order valence-corrected chi connectivity index (χ4v) is 3.66. The van der Waals surface area contributed by atoms with Gasteiger partial charge in [-0.05, 0) is 44.6 Å². The third-order valence-corrected chi connectivity index (χ3v) is 5.31. The maximum Gasteiger partial charge on any atom is 0.193 e. The molecule has 1 aromatic carbocycles. The second kappa shape index (κ2) is 11.9. The molecule has 1 atom stereocenters. The van der Waals surface area contributed by atoms with Crippen LogP contribution in [0, 0.1) is 6.92 Å². The first-order valence-corrected chi connectivity index (χ1v) is 9.99. The molecular formula is C21H34IN3O2. The molecule has 2 fully saturated rings. The zero-order valence-corrected chi connectivity index (χ0v) is 19.0. The van der Waals surface area contributed by atoms with Crippen LogP contribution in [-0.2, 0) is 15.9 Å². The van der Waals surface area contributed by atoms with Crippen molar-refractivity contribution < 1.29 is 9.47 Å². The van der Waals surface area contributed by atoms with Crippen LogP contribution in [0.25, 0.3) is 0 Å². The Labute approximate surface area is 180 Å². The smallest absolute Gasteiger partial charge is 0.193 e. The minimum atomic E-state index is 0. The van der Waals surface area contributed by atoms with Crippen molar-refractivity contribution in [2.75, 3.05) is 39.9 Å². The molecule has 0 amide bonds. The van der Waals surface area contributed by atoms with Crippen LogP contribution >= 0.6 is 24.0 Å². The van der Waals surface area contributed by atoms with Crippen molar-refractivity contribution in [1.29, 1.82) is 0 Å². The molecular weight excluding hydrogens is 453 g/mol. The van der Waals surface area contributed by atoms with E-state index in [1.54, 1.807) is 0 Å². The van der Waals surface area contributed by atoms with Crippen LogP contribution in [0.3, 0.4) is 0 Å². The van der Waals surface area contributed by atoms with E-state index in [2.05, 4.69) is 46.4 Å². The standard InChI is InChI=1S/C21H33N3O2.HI/c1-17-5-7-18(8-6-17)9-12-23-21(22-2)24-13-10-19(11-14-24)26-16-20-4-3-15-25-20;/h5-8,19-20H,3-4,9-16H2,1-2H3,(H,22,23);1H. The minimum Gasteiger partial charge on any atom is -0.376 e. The summed E-state index contributed by atoms with van der Waals surface area (Å²) in [4.78, 5) is 6.81. The zero-order valence-electron chi connectivity index (χ0n) is 16.7. The predicted octanol–water partition coefficient (Wildman–Crippen LogP) is 3.39. The lowest BCUT2D eigenvalue weighted by Crippen LogP contribution is -2.47. The highest BCUT2D eigenvalue weighted by Gasteiger charge is 2.24. The van der Waals surface area contributed by atoms with Crippen molar-refractivity contribution in [3.63, 3.8) is 0 Å². The van der Waals surface area contributed by atoms with Gasteiger partial charge in [-0.15, -0.1) is 24.0 Å². The lowest BCUT2D eigenvalue weighted by Gasteiger charge is -2.34. The number of rotatable bonds is 6. The molecule has 0 aromatic heterocycles. The Bertz CT molecular complexity index is 565. The summed E-state index contributed by atoms with van der Waals surface area (Å²) in [6.45, 7) is 6.69. The molecule has 2 aliphatic rings. The maximum absolute atomic E-state index is 6.07. The number of guanidine groups is 1. The first kappa shape index (κ1) is 22.4. The van der Waals surface area contributed by atoms with Crippen LogP contribution in [0.15, 0.2) is 29.3 Å². The number of hydrogen-bond donors (Lipinski definition) is 1. The fourth-order valence-electron chi connectivity index (χ4n) is 3.66. The fraction of sp³-hybridized carbons (Fsp3) is 0.667. The van der Waals surface area contributed by atoms with Gasteiger partial charge in [0.1, 0.15) is 0 Å². The number of nitrogens with one attached hydrogen (secondary N) is 1. The highest BCUT2D eigenvalue weighted by molar-refractivity contribution is 14.0. The van der Waals surface area contributed by atoms with E-state index in [0.29, 0.717) is 12.2 Å². The summed E-state index contributed by atoms with van der Waals surface area (Å²) in [5.74, 6) is 1.01. The topological polar surface area (TPSA) is 46.1 Å². The molecule has 1 unspecified atom stereocenters. The van der Waals surface area contributed by atoms with Crippen molar-refractivity contribution in [3.05, 3.63) is 35.4 Å². The summed E-state index contributed by atoms with van der Waals surface area (Å²) in [5.41, 5.74) is 2.67. The Hall–Kier alpha value is -0.860. The van der Waals surface area contributed by atoms with Gasteiger partial charge in [0.05, 0.1) is 18.8 Å². The van der Waals surface area contributed by atoms with Crippen molar-refractivity contribution in [2.24, 2.45) is 4.99 Å². The van der Waals surface area contributed by atoms with Crippen LogP contribution in [0.5, 0.6) is 0 Å². The zero-order chi connectivity index (χ0) is 18.2. The van der Waals surface area contributed by atoms with Crippen LogP contribution in [0.1, 0.15) is 36.8 Å². The van der Waals surface area contributed by atoms with Gasteiger partial charge >= 0.3 is 0 Å². The highest BCUT2D eigenvalue weighted by atomic mass is 127. The third kappa shape index (κ3) is 7.23. The molecule has 152 valence electrons. The predicted molar refractivity (Wildman–Crippen MR) is 121 cm³/mol. The molecule has 6 heteroatoms. The molecule has 0 bridgehead atoms. The van der Waals surface area contributed by atoms with Crippen LogP contribution in [-0.4, -0.2) is 63.0 Å².